The van der Waals surface area contributed by atoms with Gasteiger partial charge in [0.15, 0.2) is 0 Å². The van der Waals surface area contributed by atoms with E-state index in [9.17, 15) is 4.79 Å². The molecule has 1 aliphatic heterocycles. The van der Waals surface area contributed by atoms with E-state index < -0.39 is 5.97 Å². The Morgan fingerprint density at radius 3 is 3.06 bits per heavy atom. The average Bonchev–Trinajstić information content (AvgIpc) is 2.64. The van der Waals surface area contributed by atoms with Crippen molar-refractivity contribution in [2.75, 3.05) is 0 Å². The third kappa shape index (κ3) is 2.28. The fraction of sp³-hybridized carbons (Fsp3) is 0.231. The Hall–Kier alpha value is -2.28. The Bertz CT molecular complexity index is 540. The van der Waals surface area contributed by atoms with E-state index in [1.165, 1.54) is 6.08 Å². The van der Waals surface area contributed by atoms with Gasteiger partial charge in [-0.25, -0.2) is 4.79 Å². The SMILES string of the molecule is C[C@@H]1Cc2cc(/C=C(/C#N)C(=O)O)ccc2O1. The molecule has 1 aromatic carbocycles. The summed E-state index contributed by atoms with van der Waals surface area (Å²) in [6.07, 6.45) is 2.33. The fourth-order valence-corrected chi connectivity index (χ4v) is 1.84. The van der Waals surface area contributed by atoms with Crippen LogP contribution in [0.5, 0.6) is 5.75 Å². The van der Waals surface area contributed by atoms with E-state index in [0.717, 1.165) is 17.7 Å². The van der Waals surface area contributed by atoms with Gasteiger partial charge in [-0.15, -0.1) is 0 Å². The van der Waals surface area contributed by atoms with Crippen LogP contribution in [-0.2, 0) is 11.2 Å². The lowest BCUT2D eigenvalue weighted by Gasteiger charge is -2.02. The molecule has 17 heavy (non-hydrogen) atoms. The molecule has 0 amide bonds. The summed E-state index contributed by atoms with van der Waals surface area (Å²) in [7, 11) is 0. The first kappa shape index (κ1) is 11.2. The Morgan fingerprint density at radius 2 is 2.41 bits per heavy atom. The highest BCUT2D eigenvalue weighted by Crippen LogP contribution is 2.29. The molecule has 0 saturated heterocycles. The van der Waals surface area contributed by atoms with Crippen molar-refractivity contribution in [3.05, 3.63) is 34.9 Å². The van der Waals surface area contributed by atoms with Crippen LogP contribution < -0.4 is 4.74 Å². The third-order valence-corrected chi connectivity index (χ3v) is 2.58. The summed E-state index contributed by atoms with van der Waals surface area (Å²) in [5.74, 6) is -0.374. The van der Waals surface area contributed by atoms with Crippen LogP contribution in [0.3, 0.4) is 0 Å². The van der Waals surface area contributed by atoms with Gasteiger partial charge in [-0.05, 0) is 36.3 Å². The first-order chi connectivity index (χ1) is 8.10. The number of nitriles is 1. The second kappa shape index (κ2) is 4.30. The lowest BCUT2D eigenvalue weighted by atomic mass is 10.1. The van der Waals surface area contributed by atoms with Gasteiger partial charge in [-0.3, -0.25) is 0 Å². The maximum Gasteiger partial charge on any atom is 0.346 e. The minimum absolute atomic E-state index is 0.152. The predicted molar refractivity (Wildman–Crippen MR) is 61.5 cm³/mol. The van der Waals surface area contributed by atoms with Crippen molar-refractivity contribution in [2.45, 2.75) is 19.4 Å². The largest absolute Gasteiger partial charge is 0.490 e. The quantitative estimate of drug-likeness (QED) is 0.622. The highest BCUT2D eigenvalue weighted by Gasteiger charge is 2.18. The first-order valence-corrected chi connectivity index (χ1v) is 5.25. The zero-order valence-corrected chi connectivity index (χ0v) is 9.30. The molecule has 1 heterocycles. The molecule has 4 nitrogen and oxygen atoms in total. The lowest BCUT2D eigenvalue weighted by Crippen LogP contribution is -2.05. The summed E-state index contributed by atoms with van der Waals surface area (Å²) in [5, 5.41) is 17.4. The summed E-state index contributed by atoms with van der Waals surface area (Å²) >= 11 is 0. The number of fused-ring (bicyclic) bond motifs is 1. The van der Waals surface area contributed by atoms with Crippen LogP contribution in [-0.4, -0.2) is 17.2 Å². The lowest BCUT2D eigenvalue weighted by molar-refractivity contribution is -0.132. The van der Waals surface area contributed by atoms with Gasteiger partial charge < -0.3 is 9.84 Å². The summed E-state index contributed by atoms with van der Waals surface area (Å²) < 4.78 is 5.54. The van der Waals surface area contributed by atoms with E-state index in [-0.39, 0.29) is 11.7 Å². The molecule has 1 N–H and O–H groups in total. The molecule has 0 radical (unpaired) electrons. The van der Waals surface area contributed by atoms with Gasteiger partial charge in [0.05, 0.1) is 0 Å². The van der Waals surface area contributed by atoms with Crippen molar-refractivity contribution in [2.24, 2.45) is 0 Å². The van der Waals surface area contributed by atoms with Gasteiger partial charge in [-0.1, -0.05) is 6.07 Å². The van der Waals surface area contributed by atoms with E-state index >= 15 is 0 Å². The predicted octanol–water partition coefficient (Wildman–Crippen LogP) is 2.00. The fourth-order valence-electron chi connectivity index (χ4n) is 1.84. The van der Waals surface area contributed by atoms with Crippen molar-refractivity contribution >= 4 is 12.0 Å². The topological polar surface area (TPSA) is 70.3 Å². The zero-order chi connectivity index (χ0) is 12.4. The van der Waals surface area contributed by atoms with E-state index in [1.54, 1.807) is 12.1 Å². The minimum Gasteiger partial charge on any atom is -0.490 e. The molecule has 0 aliphatic carbocycles. The smallest absolute Gasteiger partial charge is 0.346 e. The van der Waals surface area contributed by atoms with Crippen LogP contribution in [0.1, 0.15) is 18.1 Å². The number of nitrogens with zero attached hydrogens (tertiary/aromatic N) is 1. The second-order valence-corrected chi connectivity index (χ2v) is 3.97. The first-order valence-electron chi connectivity index (χ1n) is 5.25. The summed E-state index contributed by atoms with van der Waals surface area (Å²) in [6, 6.07) is 7.07. The van der Waals surface area contributed by atoms with Crippen molar-refractivity contribution in [1.82, 2.24) is 0 Å². The molecule has 0 bridgehead atoms. The highest BCUT2D eigenvalue weighted by atomic mass is 16.5. The van der Waals surface area contributed by atoms with Crippen LogP contribution >= 0.6 is 0 Å². The molecule has 4 heteroatoms. The average molecular weight is 229 g/mol. The molecule has 86 valence electrons. The van der Waals surface area contributed by atoms with Crippen molar-refractivity contribution < 1.29 is 14.6 Å². The Kier molecular flexibility index (Phi) is 2.84. The van der Waals surface area contributed by atoms with E-state index in [1.807, 2.05) is 19.1 Å². The standard InChI is InChI=1S/C13H11NO3/c1-8-4-10-5-9(2-3-12(10)17-8)6-11(7-14)13(15)16/h2-3,5-6,8H,4H2,1H3,(H,15,16)/b11-6-/t8-/m1/s1. The number of rotatable bonds is 2. The normalized spacial score (nSPS) is 18.1. The maximum atomic E-state index is 10.7. The molecule has 0 spiro atoms. The zero-order valence-electron chi connectivity index (χ0n) is 9.30. The molecule has 0 unspecified atom stereocenters. The van der Waals surface area contributed by atoms with Gasteiger partial charge in [0.2, 0.25) is 0 Å². The van der Waals surface area contributed by atoms with Gasteiger partial charge in [0.1, 0.15) is 23.5 Å². The molecule has 0 saturated carbocycles. The highest BCUT2D eigenvalue weighted by molar-refractivity contribution is 5.96. The number of carboxylic acid groups (broad SMARTS) is 1. The number of benzene rings is 1. The molecule has 0 aromatic heterocycles. The van der Waals surface area contributed by atoms with Gasteiger partial charge in [0, 0.05) is 6.42 Å². The molecule has 0 fully saturated rings. The molecule has 1 aromatic rings. The molecular weight excluding hydrogens is 218 g/mol. The third-order valence-electron chi connectivity index (χ3n) is 2.58. The second-order valence-electron chi connectivity index (χ2n) is 3.97. The monoisotopic (exact) mass is 229 g/mol. The van der Waals surface area contributed by atoms with Crippen LogP contribution in [0.15, 0.2) is 23.8 Å². The molecular formula is C13H11NO3. The number of hydrogen-bond donors (Lipinski definition) is 1. The van der Waals surface area contributed by atoms with Gasteiger partial charge >= 0.3 is 5.97 Å². The minimum atomic E-state index is -1.21. The van der Waals surface area contributed by atoms with Crippen LogP contribution in [0.2, 0.25) is 0 Å². The Balaban J connectivity index is 2.34. The molecule has 1 aliphatic rings. The van der Waals surface area contributed by atoms with E-state index in [2.05, 4.69) is 0 Å². The van der Waals surface area contributed by atoms with Gasteiger partial charge in [0.25, 0.3) is 0 Å². The summed E-state index contributed by atoms with van der Waals surface area (Å²) in [5.41, 5.74) is 1.49. The molecule has 1 atom stereocenters. The van der Waals surface area contributed by atoms with Crippen molar-refractivity contribution in [3.8, 4) is 11.8 Å². The number of carboxylic acids is 1. The number of aliphatic carboxylic acids is 1. The van der Waals surface area contributed by atoms with Crippen LogP contribution in [0, 0.1) is 11.3 Å². The van der Waals surface area contributed by atoms with Crippen LogP contribution in [0.4, 0.5) is 0 Å². The number of ether oxygens (including phenoxy) is 1. The Morgan fingerprint density at radius 1 is 1.65 bits per heavy atom. The van der Waals surface area contributed by atoms with Crippen LogP contribution in [0.25, 0.3) is 6.08 Å². The molecule has 2 rings (SSSR count). The van der Waals surface area contributed by atoms with Gasteiger partial charge in [-0.2, -0.15) is 5.26 Å². The van der Waals surface area contributed by atoms with E-state index in [4.69, 9.17) is 15.1 Å². The maximum absolute atomic E-state index is 10.7. The van der Waals surface area contributed by atoms with E-state index in [0.29, 0.717) is 5.56 Å². The van der Waals surface area contributed by atoms with Crippen molar-refractivity contribution in [3.63, 3.8) is 0 Å². The van der Waals surface area contributed by atoms with Crippen molar-refractivity contribution in [1.29, 1.82) is 5.26 Å². The Labute approximate surface area is 98.8 Å². The summed E-state index contributed by atoms with van der Waals surface area (Å²) in [4.78, 5) is 10.7. The number of carbonyl (C=O) groups is 1. The summed E-state index contributed by atoms with van der Waals surface area (Å²) in [6.45, 7) is 1.98. The number of hydrogen-bond acceptors (Lipinski definition) is 3.